The highest BCUT2D eigenvalue weighted by Crippen LogP contribution is 2.16. The van der Waals surface area contributed by atoms with Crippen molar-refractivity contribution in [3.05, 3.63) is 70.9 Å². The normalized spacial score (nSPS) is 11.9. The maximum absolute atomic E-state index is 12.3. The van der Waals surface area contributed by atoms with Crippen LogP contribution >= 0.6 is 11.3 Å². The van der Waals surface area contributed by atoms with Crippen molar-refractivity contribution in [2.24, 2.45) is 0 Å². The summed E-state index contributed by atoms with van der Waals surface area (Å²) in [6.45, 7) is 2.61. The Morgan fingerprint density at radius 1 is 1.33 bits per heavy atom. The Hall–Kier alpha value is -2.60. The van der Waals surface area contributed by atoms with Gasteiger partial charge in [-0.15, -0.1) is 11.3 Å². The van der Waals surface area contributed by atoms with E-state index in [0.29, 0.717) is 6.54 Å². The lowest BCUT2D eigenvalue weighted by Crippen LogP contribution is -2.38. The topological polar surface area (TPSA) is 50.2 Å². The van der Waals surface area contributed by atoms with E-state index in [0.717, 1.165) is 11.3 Å². The van der Waals surface area contributed by atoms with Crippen molar-refractivity contribution >= 4 is 17.4 Å². The summed E-state index contributed by atoms with van der Waals surface area (Å²) in [5.74, 6) is 0. The van der Waals surface area contributed by atoms with Gasteiger partial charge in [0, 0.05) is 30.0 Å². The van der Waals surface area contributed by atoms with Crippen LogP contribution < -0.4 is 5.32 Å². The second-order valence-electron chi connectivity index (χ2n) is 5.67. The van der Waals surface area contributed by atoms with Gasteiger partial charge in [-0.3, -0.25) is 0 Å². The second kappa shape index (κ2) is 7.31. The van der Waals surface area contributed by atoms with E-state index < -0.39 is 0 Å². The highest BCUT2D eigenvalue weighted by molar-refractivity contribution is 7.09. The van der Waals surface area contributed by atoms with Crippen molar-refractivity contribution in [2.75, 3.05) is 7.05 Å². The lowest BCUT2D eigenvalue weighted by atomic mass is 10.1. The maximum Gasteiger partial charge on any atom is 0.317 e. The number of carbonyl (C=O) groups excluding carboxylic acids is 1. The molecule has 0 unspecified atom stereocenters. The Balaban J connectivity index is 1.59. The zero-order chi connectivity index (χ0) is 16.9. The fraction of sp³-hybridized carbons (Fsp3) is 0.222. The van der Waals surface area contributed by atoms with Crippen LogP contribution in [0.4, 0.5) is 4.79 Å². The molecule has 1 atom stereocenters. The third kappa shape index (κ3) is 3.83. The van der Waals surface area contributed by atoms with Gasteiger partial charge in [-0.25, -0.2) is 9.78 Å². The molecule has 0 spiro atoms. The highest BCUT2D eigenvalue weighted by Gasteiger charge is 2.14. The van der Waals surface area contributed by atoms with Crippen LogP contribution in [0.3, 0.4) is 0 Å². The van der Waals surface area contributed by atoms with Crippen molar-refractivity contribution in [1.82, 2.24) is 19.8 Å². The lowest BCUT2D eigenvalue weighted by molar-refractivity contribution is 0.204. The molecule has 1 aromatic carbocycles. The zero-order valence-electron chi connectivity index (χ0n) is 13.7. The van der Waals surface area contributed by atoms with Gasteiger partial charge in [0.1, 0.15) is 0 Å². The first-order valence-corrected chi connectivity index (χ1v) is 8.64. The van der Waals surface area contributed by atoms with Gasteiger partial charge < -0.3 is 14.8 Å². The average molecular weight is 340 g/mol. The van der Waals surface area contributed by atoms with E-state index in [1.165, 1.54) is 4.88 Å². The van der Waals surface area contributed by atoms with Crippen LogP contribution in [0.1, 0.15) is 23.4 Å². The summed E-state index contributed by atoms with van der Waals surface area (Å²) in [6, 6.07) is 12.0. The van der Waals surface area contributed by atoms with Crippen molar-refractivity contribution in [3.63, 3.8) is 0 Å². The van der Waals surface area contributed by atoms with Crippen LogP contribution in [0.15, 0.2) is 60.5 Å². The minimum Gasteiger partial charge on any atom is -0.331 e. The molecule has 0 saturated heterocycles. The summed E-state index contributed by atoms with van der Waals surface area (Å²) < 4.78 is 1.95. The number of carbonyl (C=O) groups is 1. The van der Waals surface area contributed by atoms with Crippen molar-refractivity contribution in [2.45, 2.75) is 19.5 Å². The third-order valence-electron chi connectivity index (χ3n) is 3.86. The molecule has 0 fully saturated rings. The number of urea groups is 1. The Labute approximate surface area is 145 Å². The van der Waals surface area contributed by atoms with E-state index in [-0.39, 0.29) is 12.1 Å². The lowest BCUT2D eigenvalue weighted by Gasteiger charge is -2.21. The number of aromatic nitrogens is 2. The van der Waals surface area contributed by atoms with Crippen LogP contribution in [0.5, 0.6) is 0 Å². The number of benzene rings is 1. The number of imidazole rings is 1. The van der Waals surface area contributed by atoms with Crippen LogP contribution in [-0.4, -0.2) is 27.5 Å². The molecule has 2 heterocycles. The minimum atomic E-state index is -0.0745. The molecule has 24 heavy (non-hydrogen) atoms. The largest absolute Gasteiger partial charge is 0.331 e. The molecule has 0 radical (unpaired) electrons. The van der Waals surface area contributed by atoms with Gasteiger partial charge in [-0.05, 0) is 36.1 Å². The molecular formula is C18H20N4OS. The van der Waals surface area contributed by atoms with E-state index in [4.69, 9.17) is 0 Å². The van der Waals surface area contributed by atoms with Gasteiger partial charge in [-0.2, -0.15) is 0 Å². The Morgan fingerprint density at radius 3 is 2.75 bits per heavy atom. The van der Waals surface area contributed by atoms with E-state index >= 15 is 0 Å². The summed E-state index contributed by atoms with van der Waals surface area (Å²) in [6.07, 6.45) is 5.42. The number of nitrogens with one attached hydrogen (secondary N) is 1. The van der Waals surface area contributed by atoms with Crippen molar-refractivity contribution in [1.29, 1.82) is 0 Å². The fourth-order valence-corrected chi connectivity index (χ4v) is 3.19. The first kappa shape index (κ1) is 16.3. The summed E-state index contributed by atoms with van der Waals surface area (Å²) in [7, 11) is 1.81. The molecule has 6 heteroatoms. The standard InChI is InChI=1S/C18H20N4OS/c1-14(20-18(23)21(2)12-17-4-3-11-24-17)15-5-7-16(8-6-15)22-10-9-19-13-22/h3-11,13-14H,12H2,1-2H3,(H,20,23)/t14-/m0/s1. The average Bonchev–Trinajstić information content (AvgIpc) is 3.28. The number of nitrogens with zero attached hydrogens (tertiary/aromatic N) is 3. The molecule has 3 aromatic rings. The number of thiophene rings is 1. The second-order valence-corrected chi connectivity index (χ2v) is 6.70. The van der Waals surface area contributed by atoms with Crippen molar-refractivity contribution in [3.8, 4) is 5.69 Å². The van der Waals surface area contributed by atoms with Crippen LogP contribution in [0, 0.1) is 0 Å². The number of hydrogen-bond donors (Lipinski definition) is 1. The first-order valence-electron chi connectivity index (χ1n) is 7.76. The Kier molecular flexibility index (Phi) is 4.96. The third-order valence-corrected chi connectivity index (χ3v) is 4.72. The predicted molar refractivity (Wildman–Crippen MR) is 96.3 cm³/mol. The fourth-order valence-electron chi connectivity index (χ4n) is 2.43. The molecule has 0 bridgehead atoms. The van der Waals surface area contributed by atoms with Gasteiger partial charge in [0.2, 0.25) is 0 Å². The Bertz CT molecular complexity index is 766. The summed E-state index contributed by atoms with van der Waals surface area (Å²) in [4.78, 5) is 19.2. The van der Waals surface area contributed by atoms with Gasteiger partial charge >= 0.3 is 6.03 Å². The first-order chi connectivity index (χ1) is 11.6. The van der Waals surface area contributed by atoms with Crippen LogP contribution in [0.25, 0.3) is 5.69 Å². The molecule has 3 rings (SSSR count). The van der Waals surface area contributed by atoms with E-state index in [2.05, 4.69) is 10.3 Å². The quantitative estimate of drug-likeness (QED) is 0.767. The van der Waals surface area contributed by atoms with Crippen LogP contribution in [0.2, 0.25) is 0 Å². The summed E-state index contributed by atoms with van der Waals surface area (Å²) >= 11 is 1.66. The predicted octanol–water partition coefficient (Wildman–Crippen LogP) is 3.84. The molecule has 2 amide bonds. The molecule has 5 nitrogen and oxygen atoms in total. The van der Waals surface area contributed by atoms with Gasteiger partial charge in [0.15, 0.2) is 0 Å². The minimum absolute atomic E-state index is 0.0554. The molecular weight excluding hydrogens is 320 g/mol. The number of hydrogen-bond acceptors (Lipinski definition) is 3. The maximum atomic E-state index is 12.3. The van der Waals surface area contributed by atoms with Crippen molar-refractivity contribution < 1.29 is 4.79 Å². The van der Waals surface area contributed by atoms with Gasteiger partial charge in [0.05, 0.1) is 18.9 Å². The smallest absolute Gasteiger partial charge is 0.317 e. The zero-order valence-corrected chi connectivity index (χ0v) is 14.5. The highest BCUT2D eigenvalue weighted by atomic mass is 32.1. The summed E-state index contributed by atoms with van der Waals surface area (Å²) in [5.41, 5.74) is 2.11. The molecule has 0 saturated carbocycles. The molecule has 0 aliphatic heterocycles. The monoisotopic (exact) mass is 340 g/mol. The number of rotatable bonds is 5. The molecule has 1 N–H and O–H groups in total. The van der Waals surface area contributed by atoms with Gasteiger partial charge in [0.25, 0.3) is 0 Å². The SMILES string of the molecule is C[C@H](NC(=O)N(C)Cc1cccs1)c1ccc(-n2ccnc2)cc1. The van der Waals surface area contributed by atoms with E-state index in [9.17, 15) is 4.79 Å². The van der Waals surface area contributed by atoms with Crippen LogP contribution in [-0.2, 0) is 6.54 Å². The van der Waals surface area contributed by atoms with Gasteiger partial charge in [-0.1, -0.05) is 18.2 Å². The number of amides is 2. The summed E-state index contributed by atoms with van der Waals surface area (Å²) in [5, 5.41) is 5.05. The molecule has 0 aliphatic rings. The Morgan fingerprint density at radius 2 is 2.12 bits per heavy atom. The molecule has 2 aromatic heterocycles. The molecule has 124 valence electrons. The molecule has 0 aliphatic carbocycles. The van der Waals surface area contributed by atoms with E-state index in [1.54, 1.807) is 28.8 Å². The van der Waals surface area contributed by atoms with E-state index in [1.807, 2.05) is 66.5 Å².